The van der Waals surface area contributed by atoms with Crippen molar-refractivity contribution in [1.82, 2.24) is 9.97 Å². The van der Waals surface area contributed by atoms with Gasteiger partial charge in [-0.1, -0.05) is 17.7 Å². The summed E-state index contributed by atoms with van der Waals surface area (Å²) in [7, 11) is -3.86. The normalized spacial score (nSPS) is 11.8. The van der Waals surface area contributed by atoms with E-state index in [4.69, 9.17) is 5.11 Å². The lowest BCUT2D eigenvalue weighted by atomic mass is 10.0. The maximum atomic E-state index is 12.9. The molecule has 4 rings (SSSR count). The summed E-state index contributed by atoms with van der Waals surface area (Å²) >= 11 is 0. The zero-order valence-corrected chi connectivity index (χ0v) is 16.8. The molecule has 0 saturated heterocycles. The van der Waals surface area contributed by atoms with Crippen molar-refractivity contribution in [1.29, 1.82) is 0 Å². The van der Waals surface area contributed by atoms with E-state index in [1.165, 1.54) is 18.2 Å². The number of pyridine rings is 1. The van der Waals surface area contributed by atoms with Crippen LogP contribution in [0.2, 0.25) is 0 Å². The van der Waals surface area contributed by atoms with Gasteiger partial charge in [-0.2, -0.15) is 0 Å². The monoisotopic (exact) mass is 425 g/mol. The molecule has 0 fully saturated rings. The molecule has 154 valence electrons. The van der Waals surface area contributed by atoms with Crippen molar-refractivity contribution >= 4 is 43.5 Å². The minimum Gasteiger partial charge on any atom is -0.481 e. The highest BCUT2D eigenvalue weighted by molar-refractivity contribution is 7.92. The van der Waals surface area contributed by atoms with E-state index in [9.17, 15) is 18.0 Å². The second-order valence-corrected chi connectivity index (χ2v) is 8.77. The van der Waals surface area contributed by atoms with Crippen LogP contribution >= 0.6 is 0 Å². The number of aromatic amines is 2. The molecule has 30 heavy (non-hydrogen) atoms. The van der Waals surface area contributed by atoms with Crippen molar-refractivity contribution in [3.05, 3.63) is 70.1 Å². The lowest BCUT2D eigenvalue weighted by molar-refractivity contribution is -0.136. The summed E-state index contributed by atoms with van der Waals surface area (Å²) in [5, 5.41) is 10.1. The summed E-state index contributed by atoms with van der Waals surface area (Å²) in [6, 6.07) is 11.4. The Bertz CT molecular complexity index is 1430. The number of anilines is 1. The number of H-pyrrole nitrogens is 2. The molecule has 2 heterocycles. The number of aryl methyl sites for hydroxylation is 2. The quantitative estimate of drug-likeness (QED) is 0.377. The molecular weight excluding hydrogens is 406 g/mol. The number of rotatable bonds is 6. The average molecular weight is 425 g/mol. The standard InChI is InChI=1S/C21H19N3O5S/c1-12-2-5-14(6-3-12)24-30(28,29)15-7-8-17-16(10-15)19-13(4-9-18(25)26)11-22-20(19)21(27)23-17/h2-3,5-8,10-11,22,24H,4,9H2,1H3,(H,23,27)(H,25,26). The van der Waals surface area contributed by atoms with Crippen LogP contribution in [0, 0.1) is 6.92 Å². The molecule has 0 atom stereocenters. The van der Waals surface area contributed by atoms with Gasteiger partial charge in [0.25, 0.3) is 15.6 Å². The summed E-state index contributed by atoms with van der Waals surface area (Å²) in [4.78, 5) is 29.0. The summed E-state index contributed by atoms with van der Waals surface area (Å²) in [5.74, 6) is -0.955. The van der Waals surface area contributed by atoms with Gasteiger partial charge in [0.05, 0.1) is 4.90 Å². The van der Waals surface area contributed by atoms with E-state index in [-0.39, 0.29) is 28.8 Å². The molecule has 0 bridgehead atoms. The van der Waals surface area contributed by atoms with Gasteiger partial charge in [-0.25, -0.2) is 8.42 Å². The van der Waals surface area contributed by atoms with E-state index in [0.29, 0.717) is 27.5 Å². The molecule has 0 spiro atoms. The number of carbonyl (C=O) groups is 1. The minimum absolute atomic E-state index is 0.0364. The molecule has 0 radical (unpaired) electrons. The fourth-order valence-electron chi connectivity index (χ4n) is 3.42. The van der Waals surface area contributed by atoms with Crippen molar-refractivity contribution in [2.45, 2.75) is 24.7 Å². The summed E-state index contributed by atoms with van der Waals surface area (Å²) in [6.07, 6.45) is 1.70. The number of aliphatic carboxylic acids is 1. The molecule has 0 unspecified atom stereocenters. The van der Waals surface area contributed by atoms with Crippen molar-refractivity contribution in [2.75, 3.05) is 4.72 Å². The molecule has 0 aliphatic carbocycles. The lowest BCUT2D eigenvalue weighted by Crippen LogP contribution is -2.13. The fourth-order valence-corrected chi connectivity index (χ4v) is 4.50. The second kappa shape index (κ2) is 7.34. The first-order valence-corrected chi connectivity index (χ1v) is 10.7. The van der Waals surface area contributed by atoms with Crippen molar-refractivity contribution < 1.29 is 18.3 Å². The van der Waals surface area contributed by atoms with Gasteiger partial charge in [0.1, 0.15) is 5.52 Å². The van der Waals surface area contributed by atoms with Gasteiger partial charge in [0.15, 0.2) is 0 Å². The third-order valence-electron chi connectivity index (χ3n) is 4.92. The third-order valence-corrected chi connectivity index (χ3v) is 6.30. The predicted octanol–water partition coefficient (Wildman–Crippen LogP) is 3.14. The zero-order valence-electron chi connectivity index (χ0n) is 16.0. The smallest absolute Gasteiger partial charge is 0.303 e. The van der Waals surface area contributed by atoms with Crippen LogP contribution < -0.4 is 10.3 Å². The molecule has 0 saturated carbocycles. The van der Waals surface area contributed by atoms with Gasteiger partial charge in [-0.3, -0.25) is 14.3 Å². The van der Waals surface area contributed by atoms with Crippen LogP contribution in [0.15, 0.2) is 58.4 Å². The number of nitrogens with one attached hydrogen (secondary N) is 3. The van der Waals surface area contributed by atoms with Gasteiger partial charge in [0, 0.05) is 34.6 Å². The largest absolute Gasteiger partial charge is 0.481 e. The van der Waals surface area contributed by atoms with Crippen LogP contribution in [-0.2, 0) is 21.2 Å². The van der Waals surface area contributed by atoms with E-state index in [0.717, 1.165) is 5.56 Å². The van der Waals surface area contributed by atoms with Crippen LogP contribution in [0.5, 0.6) is 0 Å². The van der Waals surface area contributed by atoms with Gasteiger partial charge >= 0.3 is 5.97 Å². The Morgan fingerprint density at radius 2 is 1.87 bits per heavy atom. The first kappa shape index (κ1) is 19.7. The molecule has 9 heteroatoms. The Balaban J connectivity index is 1.84. The lowest BCUT2D eigenvalue weighted by Gasteiger charge is -2.10. The molecule has 4 N–H and O–H groups in total. The highest BCUT2D eigenvalue weighted by Gasteiger charge is 2.18. The van der Waals surface area contributed by atoms with Crippen molar-refractivity contribution in [3.63, 3.8) is 0 Å². The van der Waals surface area contributed by atoms with E-state index >= 15 is 0 Å². The molecule has 4 aromatic rings. The van der Waals surface area contributed by atoms with E-state index < -0.39 is 16.0 Å². The predicted molar refractivity (Wildman–Crippen MR) is 114 cm³/mol. The van der Waals surface area contributed by atoms with Gasteiger partial charge in [-0.15, -0.1) is 0 Å². The van der Waals surface area contributed by atoms with Crippen LogP contribution in [-0.4, -0.2) is 29.5 Å². The number of benzene rings is 2. The Labute approximate surface area is 171 Å². The molecular formula is C21H19N3O5S. The molecule has 2 aromatic carbocycles. The third kappa shape index (κ3) is 3.67. The summed E-state index contributed by atoms with van der Waals surface area (Å²) in [5.41, 5.74) is 2.49. The molecule has 8 nitrogen and oxygen atoms in total. The summed E-state index contributed by atoms with van der Waals surface area (Å²) < 4.78 is 28.4. The number of carboxylic acids is 1. The first-order chi connectivity index (χ1) is 14.2. The average Bonchev–Trinajstić information content (AvgIpc) is 3.13. The number of fused-ring (bicyclic) bond motifs is 3. The van der Waals surface area contributed by atoms with Gasteiger partial charge < -0.3 is 15.1 Å². The minimum atomic E-state index is -3.86. The molecule has 0 aliphatic rings. The molecule has 0 amide bonds. The van der Waals surface area contributed by atoms with Crippen LogP contribution in [0.4, 0.5) is 5.69 Å². The van der Waals surface area contributed by atoms with Crippen LogP contribution in [0.3, 0.4) is 0 Å². The fraction of sp³-hybridized carbons (Fsp3) is 0.143. The maximum Gasteiger partial charge on any atom is 0.303 e. The summed E-state index contributed by atoms with van der Waals surface area (Å²) in [6.45, 7) is 1.91. The van der Waals surface area contributed by atoms with E-state index in [1.54, 1.807) is 30.5 Å². The Hall–Kier alpha value is -3.59. The SMILES string of the molecule is Cc1ccc(NS(=O)(=O)c2ccc3[nH]c(=O)c4[nH]cc(CCC(=O)O)c4c3c2)cc1. The number of hydrogen-bond donors (Lipinski definition) is 4. The number of carboxylic acid groups (broad SMARTS) is 1. The number of sulfonamides is 1. The van der Waals surface area contributed by atoms with Crippen molar-refractivity contribution in [3.8, 4) is 0 Å². The topological polar surface area (TPSA) is 132 Å². The van der Waals surface area contributed by atoms with Crippen molar-refractivity contribution in [2.24, 2.45) is 0 Å². The van der Waals surface area contributed by atoms with E-state index in [1.807, 2.05) is 6.92 Å². The van der Waals surface area contributed by atoms with E-state index in [2.05, 4.69) is 14.7 Å². The molecule has 2 aromatic heterocycles. The van der Waals surface area contributed by atoms with Gasteiger partial charge in [-0.05, 0) is 49.2 Å². The second-order valence-electron chi connectivity index (χ2n) is 7.09. The highest BCUT2D eigenvalue weighted by atomic mass is 32.2. The Morgan fingerprint density at radius 3 is 2.57 bits per heavy atom. The number of aromatic nitrogens is 2. The Kier molecular flexibility index (Phi) is 4.83. The zero-order chi connectivity index (χ0) is 21.5. The first-order valence-electron chi connectivity index (χ1n) is 9.22. The highest BCUT2D eigenvalue weighted by Crippen LogP contribution is 2.28. The van der Waals surface area contributed by atoms with Crippen LogP contribution in [0.25, 0.3) is 21.8 Å². The Morgan fingerprint density at radius 1 is 1.13 bits per heavy atom. The van der Waals surface area contributed by atoms with Gasteiger partial charge in [0.2, 0.25) is 0 Å². The van der Waals surface area contributed by atoms with Crippen LogP contribution in [0.1, 0.15) is 17.5 Å². The number of hydrogen-bond acceptors (Lipinski definition) is 4. The molecule has 0 aliphatic heterocycles. The maximum absolute atomic E-state index is 12.9.